The second kappa shape index (κ2) is 8.68. The van der Waals surface area contributed by atoms with Gasteiger partial charge in [0.15, 0.2) is 0 Å². The molecule has 2 heterocycles. The number of amides is 3. The van der Waals surface area contributed by atoms with E-state index in [2.05, 4.69) is 0 Å². The zero-order valence-corrected chi connectivity index (χ0v) is 18.4. The van der Waals surface area contributed by atoms with Crippen molar-refractivity contribution < 1.29 is 22.8 Å². The molecule has 0 N–H and O–H groups in total. The Labute approximate surface area is 186 Å². The Kier molecular flexibility index (Phi) is 5.94. The van der Waals surface area contributed by atoms with Crippen molar-refractivity contribution in [3.05, 3.63) is 76.7 Å². The Bertz CT molecular complexity index is 1150. The van der Waals surface area contributed by atoms with Crippen LogP contribution in [0.25, 0.3) is 6.08 Å². The van der Waals surface area contributed by atoms with E-state index in [4.69, 9.17) is 0 Å². The minimum Gasteiger partial charge on any atom is -0.338 e. The molecule has 32 heavy (non-hydrogen) atoms. The summed E-state index contributed by atoms with van der Waals surface area (Å²) in [5.74, 6) is -1.35. The van der Waals surface area contributed by atoms with Crippen LogP contribution in [0, 0.1) is 0 Å². The molecule has 0 saturated carbocycles. The van der Waals surface area contributed by atoms with Crippen molar-refractivity contribution in [3.63, 3.8) is 0 Å². The van der Waals surface area contributed by atoms with Gasteiger partial charge in [-0.25, -0.2) is 8.42 Å². The highest BCUT2D eigenvalue weighted by Gasteiger charge is 2.42. The molecule has 0 aromatic heterocycles. The van der Waals surface area contributed by atoms with E-state index < -0.39 is 27.9 Å². The molecule has 0 spiro atoms. The van der Waals surface area contributed by atoms with Crippen molar-refractivity contribution in [2.75, 3.05) is 26.2 Å². The maximum atomic E-state index is 13.0. The number of rotatable bonds is 5. The van der Waals surface area contributed by atoms with Gasteiger partial charge in [-0.2, -0.15) is 4.31 Å². The molecule has 2 aliphatic heterocycles. The molecule has 4 rings (SSSR count). The highest BCUT2D eigenvalue weighted by atomic mass is 32.2. The number of carbonyl (C=O) groups is 3. The lowest BCUT2D eigenvalue weighted by Crippen LogP contribution is -2.55. The first-order chi connectivity index (χ1) is 15.3. The van der Waals surface area contributed by atoms with Crippen LogP contribution >= 0.6 is 0 Å². The summed E-state index contributed by atoms with van der Waals surface area (Å²) in [6, 6.07) is 14.6. The van der Waals surface area contributed by atoms with Crippen LogP contribution in [-0.4, -0.2) is 72.5 Å². The zero-order chi connectivity index (χ0) is 22.9. The Morgan fingerprint density at radius 1 is 0.875 bits per heavy atom. The van der Waals surface area contributed by atoms with Gasteiger partial charge >= 0.3 is 0 Å². The van der Waals surface area contributed by atoms with E-state index in [-0.39, 0.29) is 32.1 Å². The highest BCUT2D eigenvalue weighted by Crippen LogP contribution is 2.25. The zero-order valence-electron chi connectivity index (χ0n) is 17.5. The average molecular weight is 454 g/mol. The summed E-state index contributed by atoms with van der Waals surface area (Å²) in [5.41, 5.74) is 1.36. The lowest BCUT2D eigenvalue weighted by atomic mass is 10.1. The molecule has 9 heteroatoms. The summed E-state index contributed by atoms with van der Waals surface area (Å²) in [5, 5.41) is 1.17. The van der Waals surface area contributed by atoms with Gasteiger partial charge in [0.1, 0.15) is 6.04 Å². The minimum atomic E-state index is -3.62. The van der Waals surface area contributed by atoms with E-state index in [0.717, 1.165) is 10.5 Å². The Balaban J connectivity index is 1.39. The molecule has 0 bridgehead atoms. The number of fused-ring (bicyclic) bond motifs is 1. The van der Waals surface area contributed by atoms with Gasteiger partial charge in [-0.05, 0) is 30.7 Å². The molecule has 2 aliphatic rings. The van der Waals surface area contributed by atoms with Crippen molar-refractivity contribution in [3.8, 4) is 0 Å². The van der Waals surface area contributed by atoms with Crippen LogP contribution in [0.5, 0.6) is 0 Å². The van der Waals surface area contributed by atoms with Crippen LogP contribution in [0.2, 0.25) is 0 Å². The predicted molar refractivity (Wildman–Crippen MR) is 119 cm³/mol. The van der Waals surface area contributed by atoms with Crippen LogP contribution in [0.3, 0.4) is 0 Å². The number of carbonyl (C=O) groups excluding carboxylic acids is 3. The molecule has 0 aliphatic carbocycles. The number of imide groups is 1. The van der Waals surface area contributed by atoms with E-state index in [1.54, 1.807) is 24.3 Å². The van der Waals surface area contributed by atoms with Crippen molar-refractivity contribution in [2.45, 2.75) is 13.0 Å². The fourth-order valence-electron chi connectivity index (χ4n) is 3.91. The quantitative estimate of drug-likeness (QED) is 0.644. The summed E-state index contributed by atoms with van der Waals surface area (Å²) in [6.07, 6.45) is 1.54. The Hall–Kier alpha value is -3.30. The first-order valence-corrected chi connectivity index (χ1v) is 11.8. The van der Waals surface area contributed by atoms with E-state index in [0.29, 0.717) is 11.1 Å². The molecule has 3 amide bonds. The second-order valence-corrected chi connectivity index (χ2v) is 9.50. The minimum absolute atomic E-state index is 0.141. The van der Waals surface area contributed by atoms with Crippen LogP contribution in [0.4, 0.5) is 0 Å². The van der Waals surface area contributed by atoms with Crippen LogP contribution in [-0.2, 0) is 14.8 Å². The fraction of sp³-hybridized carbons (Fsp3) is 0.261. The summed E-state index contributed by atoms with van der Waals surface area (Å²) in [4.78, 5) is 40.8. The lowest BCUT2D eigenvalue weighted by molar-refractivity contribution is -0.136. The van der Waals surface area contributed by atoms with Crippen LogP contribution in [0.15, 0.2) is 60.0 Å². The van der Waals surface area contributed by atoms with Crippen molar-refractivity contribution in [1.29, 1.82) is 0 Å². The number of hydrogen-bond donors (Lipinski definition) is 0. The molecule has 2 aromatic carbocycles. The van der Waals surface area contributed by atoms with Crippen LogP contribution < -0.4 is 0 Å². The largest absolute Gasteiger partial charge is 0.338 e. The van der Waals surface area contributed by atoms with Gasteiger partial charge in [0.05, 0.1) is 11.1 Å². The van der Waals surface area contributed by atoms with Gasteiger partial charge in [-0.15, -0.1) is 0 Å². The molecule has 2 aromatic rings. The lowest BCUT2D eigenvalue weighted by Gasteiger charge is -2.36. The maximum absolute atomic E-state index is 13.0. The topological polar surface area (TPSA) is 95.1 Å². The molecule has 166 valence electrons. The normalized spacial score (nSPS) is 18.3. The molecule has 8 nitrogen and oxygen atoms in total. The van der Waals surface area contributed by atoms with Crippen molar-refractivity contribution >= 4 is 33.8 Å². The summed E-state index contributed by atoms with van der Waals surface area (Å²) in [6.45, 7) is 2.18. The number of benzene rings is 2. The number of piperazine rings is 1. The third kappa shape index (κ3) is 4.09. The number of nitrogens with zero attached hydrogens (tertiary/aromatic N) is 3. The first-order valence-electron chi connectivity index (χ1n) is 10.3. The predicted octanol–water partition coefficient (Wildman–Crippen LogP) is 1.82. The van der Waals surface area contributed by atoms with Gasteiger partial charge in [0.2, 0.25) is 15.9 Å². The average Bonchev–Trinajstić information content (AvgIpc) is 3.08. The first kappa shape index (κ1) is 21.9. The van der Waals surface area contributed by atoms with Gasteiger partial charge in [-0.3, -0.25) is 19.3 Å². The van der Waals surface area contributed by atoms with E-state index >= 15 is 0 Å². The Morgan fingerprint density at radius 3 is 1.97 bits per heavy atom. The van der Waals surface area contributed by atoms with Gasteiger partial charge in [-0.1, -0.05) is 42.5 Å². The molecular weight excluding hydrogens is 430 g/mol. The number of hydrogen-bond acceptors (Lipinski definition) is 5. The van der Waals surface area contributed by atoms with E-state index in [9.17, 15) is 22.8 Å². The molecule has 1 unspecified atom stereocenters. The molecule has 1 saturated heterocycles. The van der Waals surface area contributed by atoms with Gasteiger partial charge < -0.3 is 4.90 Å². The number of sulfonamides is 1. The van der Waals surface area contributed by atoms with Gasteiger partial charge in [0.25, 0.3) is 11.8 Å². The van der Waals surface area contributed by atoms with Crippen molar-refractivity contribution in [2.24, 2.45) is 0 Å². The standard InChI is InChI=1S/C23H23N3O5S/c1-17(26-22(28)19-9-5-6-10-20(19)23(26)29)21(27)24-12-14-25(15-13-24)32(30,31)16-11-18-7-3-2-4-8-18/h2-11,16-17H,12-15H2,1H3/b16-11+. The highest BCUT2D eigenvalue weighted by molar-refractivity contribution is 7.92. The van der Waals surface area contributed by atoms with Crippen LogP contribution in [0.1, 0.15) is 33.2 Å². The second-order valence-electron chi connectivity index (χ2n) is 7.68. The molecular formula is C23H23N3O5S. The Morgan fingerprint density at radius 2 is 1.41 bits per heavy atom. The summed E-state index contributed by atoms with van der Waals surface area (Å²) in [7, 11) is -3.62. The molecule has 0 radical (unpaired) electrons. The third-order valence-electron chi connectivity index (χ3n) is 5.71. The summed E-state index contributed by atoms with van der Waals surface area (Å²) >= 11 is 0. The summed E-state index contributed by atoms with van der Waals surface area (Å²) < 4.78 is 26.6. The molecule has 1 atom stereocenters. The molecule has 1 fully saturated rings. The smallest absolute Gasteiger partial charge is 0.262 e. The fourth-order valence-corrected chi connectivity index (χ4v) is 5.09. The van der Waals surface area contributed by atoms with E-state index in [1.165, 1.54) is 27.6 Å². The monoisotopic (exact) mass is 453 g/mol. The van der Waals surface area contributed by atoms with Gasteiger partial charge in [0, 0.05) is 31.6 Å². The maximum Gasteiger partial charge on any atom is 0.262 e. The van der Waals surface area contributed by atoms with Crippen molar-refractivity contribution in [1.82, 2.24) is 14.1 Å². The van der Waals surface area contributed by atoms with E-state index in [1.807, 2.05) is 30.3 Å². The third-order valence-corrected chi connectivity index (χ3v) is 7.28. The SMILES string of the molecule is CC(C(=O)N1CCN(S(=O)(=O)/C=C/c2ccccc2)CC1)N1C(=O)c2ccccc2C1=O.